The van der Waals surface area contributed by atoms with Gasteiger partial charge in [-0.25, -0.2) is 0 Å². The molecule has 2 heterocycles. The molecule has 2 aliphatic heterocycles. The van der Waals surface area contributed by atoms with E-state index >= 15 is 0 Å². The Hall–Kier alpha value is -1.71. The average molecular weight is 480 g/mol. The molecule has 0 bridgehead atoms. The van der Waals surface area contributed by atoms with Gasteiger partial charge in [0.15, 0.2) is 5.96 Å². The SMILES string of the molecule is CC1(C)CCCC(N2CCCC[C@H]2CCOC2CCN(C(N)=NC(=O)C(N)CC(=O)O)CC2)C1. The highest BCUT2D eigenvalue weighted by atomic mass is 16.5. The number of likely N-dealkylation sites (tertiary alicyclic amines) is 2. The van der Waals surface area contributed by atoms with Crippen LogP contribution in [0.5, 0.6) is 0 Å². The highest BCUT2D eigenvalue weighted by molar-refractivity contribution is 5.96. The Labute approximate surface area is 204 Å². The van der Waals surface area contributed by atoms with Crippen molar-refractivity contribution in [3.05, 3.63) is 0 Å². The topological polar surface area (TPSA) is 134 Å². The number of hydrogen-bond acceptors (Lipinski definition) is 5. The summed E-state index contributed by atoms with van der Waals surface area (Å²) in [6.07, 6.45) is 11.8. The van der Waals surface area contributed by atoms with Crippen molar-refractivity contribution in [2.45, 2.75) is 109 Å². The number of carboxylic acids is 1. The summed E-state index contributed by atoms with van der Waals surface area (Å²) in [5, 5.41) is 8.76. The Morgan fingerprint density at radius 2 is 1.85 bits per heavy atom. The summed E-state index contributed by atoms with van der Waals surface area (Å²) in [5.74, 6) is -1.72. The monoisotopic (exact) mass is 479 g/mol. The van der Waals surface area contributed by atoms with E-state index in [1.807, 2.05) is 4.90 Å². The van der Waals surface area contributed by atoms with E-state index in [0.717, 1.165) is 31.9 Å². The van der Waals surface area contributed by atoms with Crippen molar-refractivity contribution in [1.82, 2.24) is 9.80 Å². The summed E-state index contributed by atoms with van der Waals surface area (Å²) in [4.78, 5) is 31.1. The zero-order valence-corrected chi connectivity index (χ0v) is 21.1. The number of guanidine groups is 1. The average Bonchev–Trinajstić information content (AvgIpc) is 2.78. The van der Waals surface area contributed by atoms with Crippen molar-refractivity contribution in [2.24, 2.45) is 21.9 Å². The van der Waals surface area contributed by atoms with Crippen LogP contribution >= 0.6 is 0 Å². The van der Waals surface area contributed by atoms with E-state index in [0.29, 0.717) is 24.5 Å². The Morgan fingerprint density at radius 1 is 1.12 bits per heavy atom. The number of nitrogens with two attached hydrogens (primary N) is 2. The molecule has 3 aliphatic rings. The molecule has 0 aromatic rings. The van der Waals surface area contributed by atoms with E-state index in [4.69, 9.17) is 21.3 Å². The predicted molar refractivity (Wildman–Crippen MR) is 132 cm³/mol. The van der Waals surface area contributed by atoms with Gasteiger partial charge in [-0.15, -0.1) is 0 Å². The fourth-order valence-electron chi connectivity index (χ4n) is 5.92. The van der Waals surface area contributed by atoms with Gasteiger partial charge in [-0.05, 0) is 63.3 Å². The number of rotatable bonds is 8. The maximum atomic E-state index is 12.0. The molecule has 0 radical (unpaired) electrons. The van der Waals surface area contributed by atoms with Gasteiger partial charge in [0, 0.05) is 31.8 Å². The van der Waals surface area contributed by atoms with Gasteiger partial charge in [-0.1, -0.05) is 26.7 Å². The van der Waals surface area contributed by atoms with Crippen molar-refractivity contribution in [2.75, 3.05) is 26.2 Å². The number of nitrogens with zero attached hydrogens (tertiary/aromatic N) is 3. The van der Waals surface area contributed by atoms with Crippen molar-refractivity contribution < 1.29 is 19.4 Å². The highest BCUT2D eigenvalue weighted by Crippen LogP contribution is 2.39. The van der Waals surface area contributed by atoms with Crippen LogP contribution in [0.1, 0.15) is 84.5 Å². The number of piperidine rings is 2. The van der Waals surface area contributed by atoms with Gasteiger partial charge in [0.2, 0.25) is 0 Å². The first-order valence-electron chi connectivity index (χ1n) is 13.1. The third kappa shape index (κ3) is 7.92. The van der Waals surface area contributed by atoms with E-state index in [-0.39, 0.29) is 12.1 Å². The molecular weight excluding hydrogens is 434 g/mol. The number of hydrogen-bond donors (Lipinski definition) is 3. The van der Waals surface area contributed by atoms with E-state index < -0.39 is 24.3 Å². The molecule has 5 N–H and O–H groups in total. The minimum absolute atomic E-state index is 0.109. The lowest BCUT2D eigenvalue weighted by molar-refractivity contribution is -0.139. The minimum Gasteiger partial charge on any atom is -0.481 e. The van der Waals surface area contributed by atoms with Gasteiger partial charge in [-0.2, -0.15) is 4.99 Å². The molecule has 3 fully saturated rings. The third-order valence-electron chi connectivity index (χ3n) is 7.83. The fourth-order valence-corrected chi connectivity index (χ4v) is 5.92. The normalized spacial score (nSPS) is 28.0. The summed E-state index contributed by atoms with van der Waals surface area (Å²) in [5.41, 5.74) is 12.0. The summed E-state index contributed by atoms with van der Waals surface area (Å²) in [6.45, 7) is 8.18. The van der Waals surface area contributed by atoms with Crippen LogP contribution in [0.2, 0.25) is 0 Å². The molecule has 1 amide bonds. The quantitative estimate of drug-likeness (QED) is 0.357. The van der Waals surface area contributed by atoms with Gasteiger partial charge < -0.3 is 26.2 Å². The van der Waals surface area contributed by atoms with Crippen molar-refractivity contribution in [3.8, 4) is 0 Å². The molecule has 1 aliphatic carbocycles. The fraction of sp³-hybridized carbons (Fsp3) is 0.880. The second-order valence-corrected chi connectivity index (χ2v) is 11.2. The van der Waals surface area contributed by atoms with Crippen LogP contribution in [0.3, 0.4) is 0 Å². The van der Waals surface area contributed by atoms with E-state index in [1.165, 1.54) is 51.5 Å². The molecular formula is C25H45N5O4. The number of ether oxygens (including phenoxy) is 1. The zero-order chi connectivity index (χ0) is 24.7. The molecule has 194 valence electrons. The van der Waals surface area contributed by atoms with Crippen molar-refractivity contribution >= 4 is 17.8 Å². The van der Waals surface area contributed by atoms with E-state index in [1.54, 1.807) is 0 Å². The molecule has 3 rings (SSSR count). The Bertz CT molecular complexity index is 720. The lowest BCUT2D eigenvalue weighted by Crippen LogP contribution is -2.49. The van der Waals surface area contributed by atoms with E-state index in [2.05, 4.69) is 23.7 Å². The van der Waals surface area contributed by atoms with Gasteiger partial charge in [0.1, 0.15) is 0 Å². The first kappa shape index (κ1) is 26.9. The largest absolute Gasteiger partial charge is 0.481 e. The molecule has 2 saturated heterocycles. The van der Waals surface area contributed by atoms with Crippen LogP contribution in [0.15, 0.2) is 4.99 Å². The third-order valence-corrected chi connectivity index (χ3v) is 7.83. The summed E-state index contributed by atoms with van der Waals surface area (Å²) < 4.78 is 6.27. The lowest BCUT2D eigenvalue weighted by Gasteiger charge is -2.46. The van der Waals surface area contributed by atoms with Gasteiger partial charge in [-0.3, -0.25) is 14.5 Å². The number of amides is 1. The van der Waals surface area contributed by atoms with Gasteiger partial charge >= 0.3 is 5.97 Å². The van der Waals surface area contributed by atoms with Crippen LogP contribution < -0.4 is 11.5 Å². The highest BCUT2D eigenvalue weighted by Gasteiger charge is 2.35. The molecule has 9 heteroatoms. The van der Waals surface area contributed by atoms with Gasteiger partial charge in [0.25, 0.3) is 5.91 Å². The Morgan fingerprint density at radius 3 is 2.53 bits per heavy atom. The van der Waals surface area contributed by atoms with Crippen molar-refractivity contribution in [3.63, 3.8) is 0 Å². The molecule has 2 unspecified atom stereocenters. The van der Waals surface area contributed by atoms with E-state index in [9.17, 15) is 9.59 Å². The molecule has 0 aromatic carbocycles. The lowest BCUT2D eigenvalue weighted by atomic mass is 9.74. The second-order valence-electron chi connectivity index (χ2n) is 11.2. The first-order chi connectivity index (χ1) is 16.1. The van der Waals surface area contributed by atoms with Crippen LogP contribution in [0.4, 0.5) is 0 Å². The molecule has 0 aromatic heterocycles. The van der Waals surface area contributed by atoms with Crippen molar-refractivity contribution in [1.29, 1.82) is 0 Å². The summed E-state index contributed by atoms with van der Waals surface area (Å²) in [6, 6.07) is 0.193. The summed E-state index contributed by atoms with van der Waals surface area (Å²) >= 11 is 0. The second kappa shape index (κ2) is 12.3. The van der Waals surface area contributed by atoms with Crippen LogP contribution in [-0.2, 0) is 14.3 Å². The van der Waals surface area contributed by atoms with Gasteiger partial charge in [0.05, 0.1) is 18.6 Å². The summed E-state index contributed by atoms with van der Waals surface area (Å²) in [7, 11) is 0. The molecule has 9 nitrogen and oxygen atoms in total. The molecule has 0 spiro atoms. The van der Waals surface area contributed by atoms with Crippen LogP contribution in [-0.4, -0.2) is 83.2 Å². The number of carboxylic acid groups (broad SMARTS) is 1. The standard InChI is InChI=1S/C25H45N5O4/c1-25(2)11-5-7-19(17-25)30-12-4-3-6-18(30)10-15-34-20-8-13-29(14-9-20)24(27)28-23(33)21(26)16-22(31)32/h18-21H,3-17,26H2,1-2H3,(H,31,32)(H2,27,28,33)/t18-,19?,21?/m0/s1. The maximum absolute atomic E-state index is 12.0. The number of aliphatic imine (C=N–C) groups is 1. The first-order valence-corrected chi connectivity index (χ1v) is 13.1. The minimum atomic E-state index is -1.17. The number of carbonyl (C=O) groups excluding carboxylic acids is 1. The van der Waals surface area contributed by atoms with Crippen LogP contribution in [0.25, 0.3) is 0 Å². The zero-order valence-electron chi connectivity index (χ0n) is 21.1. The Balaban J connectivity index is 1.40. The molecule has 1 saturated carbocycles. The van der Waals surface area contributed by atoms with Crippen LogP contribution in [0, 0.1) is 5.41 Å². The predicted octanol–water partition coefficient (Wildman–Crippen LogP) is 2.32. The smallest absolute Gasteiger partial charge is 0.305 e. The molecule has 34 heavy (non-hydrogen) atoms. The maximum Gasteiger partial charge on any atom is 0.305 e. The molecule has 3 atom stereocenters. The number of aliphatic carboxylic acids is 1. The number of carbonyl (C=O) groups is 2. The Kier molecular flexibility index (Phi) is 9.74.